The third kappa shape index (κ3) is 3.05. The molecule has 0 spiro atoms. The zero-order chi connectivity index (χ0) is 14.8. The molecule has 20 heavy (non-hydrogen) atoms. The lowest BCUT2D eigenvalue weighted by molar-refractivity contribution is 0.601. The number of anilines is 1. The van der Waals surface area contributed by atoms with E-state index in [4.69, 9.17) is 28.5 Å². The summed E-state index contributed by atoms with van der Waals surface area (Å²) in [5.74, 6) is 0. The molecule has 2 aromatic carbocycles. The Morgan fingerprint density at radius 2 is 1.65 bits per heavy atom. The fourth-order valence-electron chi connectivity index (χ4n) is 1.60. The summed E-state index contributed by atoms with van der Waals surface area (Å²) < 4.78 is 26.9. The number of hydrogen-bond donors (Lipinski definition) is 1. The van der Waals surface area contributed by atoms with E-state index in [0.29, 0.717) is 5.56 Å². The number of nitriles is 1. The van der Waals surface area contributed by atoms with Crippen LogP contribution in [-0.2, 0) is 10.0 Å². The molecule has 7 heteroatoms. The minimum Gasteiger partial charge on any atom is -0.279 e. The van der Waals surface area contributed by atoms with Gasteiger partial charge in [0.15, 0.2) is 0 Å². The van der Waals surface area contributed by atoms with Crippen molar-refractivity contribution >= 4 is 38.9 Å². The van der Waals surface area contributed by atoms with Gasteiger partial charge in [-0.3, -0.25) is 4.72 Å². The van der Waals surface area contributed by atoms with Crippen molar-refractivity contribution in [2.75, 3.05) is 4.72 Å². The topological polar surface area (TPSA) is 70.0 Å². The first-order valence-corrected chi connectivity index (χ1v) is 7.65. The second-order valence-corrected chi connectivity index (χ2v) is 6.28. The molecule has 102 valence electrons. The van der Waals surface area contributed by atoms with Crippen molar-refractivity contribution < 1.29 is 8.42 Å². The number of halogens is 2. The number of nitrogens with zero attached hydrogens (tertiary/aromatic N) is 1. The molecular formula is C13H8Cl2N2O2S. The Morgan fingerprint density at radius 3 is 2.25 bits per heavy atom. The van der Waals surface area contributed by atoms with Crippen LogP contribution in [0.4, 0.5) is 5.69 Å². The molecule has 0 amide bonds. The first-order valence-electron chi connectivity index (χ1n) is 5.41. The fourth-order valence-corrected chi connectivity index (χ4v) is 3.79. The van der Waals surface area contributed by atoms with Crippen LogP contribution in [0.2, 0.25) is 10.0 Å². The molecule has 0 saturated carbocycles. The van der Waals surface area contributed by atoms with E-state index in [2.05, 4.69) is 4.72 Å². The van der Waals surface area contributed by atoms with Crippen molar-refractivity contribution in [2.45, 2.75) is 4.90 Å². The van der Waals surface area contributed by atoms with Crippen molar-refractivity contribution in [3.8, 4) is 6.07 Å². The smallest absolute Gasteiger partial charge is 0.264 e. The van der Waals surface area contributed by atoms with Crippen LogP contribution >= 0.6 is 23.2 Å². The van der Waals surface area contributed by atoms with E-state index in [1.807, 2.05) is 6.07 Å². The van der Waals surface area contributed by atoms with Gasteiger partial charge >= 0.3 is 0 Å². The highest BCUT2D eigenvalue weighted by Gasteiger charge is 2.21. The summed E-state index contributed by atoms with van der Waals surface area (Å²) in [6.07, 6.45) is 0. The lowest BCUT2D eigenvalue weighted by Gasteiger charge is -2.11. The predicted octanol–water partition coefficient (Wildman–Crippen LogP) is 3.67. The Kier molecular flexibility index (Phi) is 4.19. The summed E-state index contributed by atoms with van der Waals surface area (Å²) in [7, 11) is -3.92. The molecule has 0 bridgehead atoms. The molecule has 2 aromatic rings. The van der Waals surface area contributed by atoms with Gasteiger partial charge in [-0.1, -0.05) is 35.3 Å². The van der Waals surface area contributed by atoms with Crippen molar-refractivity contribution in [3.05, 3.63) is 58.1 Å². The molecule has 1 N–H and O–H groups in total. The van der Waals surface area contributed by atoms with E-state index in [9.17, 15) is 8.42 Å². The van der Waals surface area contributed by atoms with Crippen molar-refractivity contribution in [1.29, 1.82) is 5.26 Å². The van der Waals surface area contributed by atoms with E-state index in [1.54, 1.807) is 18.2 Å². The zero-order valence-electron chi connectivity index (χ0n) is 9.97. The molecule has 2 rings (SSSR count). The lowest BCUT2D eigenvalue weighted by atomic mass is 10.2. The average Bonchev–Trinajstić information content (AvgIpc) is 2.37. The molecular weight excluding hydrogens is 319 g/mol. The van der Waals surface area contributed by atoms with Crippen LogP contribution in [0.25, 0.3) is 0 Å². The van der Waals surface area contributed by atoms with Gasteiger partial charge in [-0.25, -0.2) is 8.42 Å². The highest BCUT2D eigenvalue weighted by molar-refractivity contribution is 7.93. The minimum absolute atomic E-state index is 0.0291. The zero-order valence-corrected chi connectivity index (χ0v) is 12.3. The molecule has 0 saturated heterocycles. The second-order valence-electron chi connectivity index (χ2n) is 3.85. The summed E-state index contributed by atoms with van der Waals surface area (Å²) >= 11 is 11.8. The predicted molar refractivity (Wildman–Crippen MR) is 78.4 cm³/mol. The standard InChI is InChI=1S/C13H8Cl2N2O2S/c14-11-5-2-6-12(15)13(11)20(18,19)17-10-4-1-3-9(7-10)8-16/h1-7,17H. The van der Waals surface area contributed by atoms with Gasteiger partial charge in [-0.2, -0.15) is 5.26 Å². The van der Waals surface area contributed by atoms with E-state index in [-0.39, 0.29) is 20.6 Å². The Hall–Kier alpha value is -1.74. The summed E-state index contributed by atoms with van der Waals surface area (Å²) in [4.78, 5) is -0.189. The first kappa shape index (κ1) is 14.7. The van der Waals surface area contributed by atoms with Gasteiger partial charge in [0.1, 0.15) is 4.90 Å². The van der Waals surface area contributed by atoms with Crippen LogP contribution in [0.5, 0.6) is 0 Å². The van der Waals surface area contributed by atoms with Crippen LogP contribution < -0.4 is 4.72 Å². The molecule has 0 aliphatic rings. The number of rotatable bonds is 3. The van der Waals surface area contributed by atoms with Gasteiger partial charge in [0.2, 0.25) is 0 Å². The maximum absolute atomic E-state index is 12.3. The van der Waals surface area contributed by atoms with Crippen LogP contribution in [0.15, 0.2) is 47.4 Å². The lowest BCUT2D eigenvalue weighted by Crippen LogP contribution is -2.14. The van der Waals surface area contributed by atoms with Gasteiger partial charge in [0.25, 0.3) is 10.0 Å². The highest BCUT2D eigenvalue weighted by atomic mass is 35.5. The van der Waals surface area contributed by atoms with Gasteiger partial charge < -0.3 is 0 Å². The SMILES string of the molecule is N#Cc1cccc(NS(=O)(=O)c2c(Cl)cccc2Cl)c1. The normalized spacial score (nSPS) is 10.8. The minimum atomic E-state index is -3.92. The van der Waals surface area contributed by atoms with Crippen molar-refractivity contribution in [1.82, 2.24) is 0 Å². The van der Waals surface area contributed by atoms with Crippen LogP contribution in [0.3, 0.4) is 0 Å². The number of benzene rings is 2. The van der Waals surface area contributed by atoms with Crippen LogP contribution in [-0.4, -0.2) is 8.42 Å². The van der Waals surface area contributed by atoms with Crippen molar-refractivity contribution in [2.24, 2.45) is 0 Å². The molecule has 4 nitrogen and oxygen atoms in total. The fraction of sp³-hybridized carbons (Fsp3) is 0. The van der Waals surface area contributed by atoms with Crippen LogP contribution in [0, 0.1) is 11.3 Å². The molecule has 0 aliphatic carbocycles. The highest BCUT2D eigenvalue weighted by Crippen LogP contribution is 2.30. The third-order valence-corrected chi connectivity index (χ3v) is 4.77. The first-order chi connectivity index (χ1) is 9.44. The number of nitrogens with one attached hydrogen (secondary N) is 1. The quantitative estimate of drug-likeness (QED) is 0.935. The summed E-state index contributed by atoms with van der Waals surface area (Å²) in [6.45, 7) is 0. The van der Waals surface area contributed by atoms with Gasteiger partial charge in [0, 0.05) is 0 Å². The number of hydrogen-bond acceptors (Lipinski definition) is 3. The molecule has 0 fully saturated rings. The maximum Gasteiger partial charge on any atom is 0.264 e. The molecule has 0 radical (unpaired) electrons. The average molecular weight is 327 g/mol. The van der Waals surface area contributed by atoms with Crippen LogP contribution in [0.1, 0.15) is 5.56 Å². The molecule has 0 atom stereocenters. The van der Waals surface area contributed by atoms with E-state index in [0.717, 1.165) is 0 Å². The summed E-state index contributed by atoms with van der Waals surface area (Å²) in [5, 5.41) is 8.85. The Morgan fingerprint density at radius 1 is 1.05 bits per heavy atom. The summed E-state index contributed by atoms with van der Waals surface area (Å²) in [5.41, 5.74) is 0.607. The molecule has 0 aliphatic heterocycles. The Bertz CT molecular complexity index is 778. The molecule has 0 aromatic heterocycles. The molecule has 0 unspecified atom stereocenters. The van der Waals surface area contributed by atoms with E-state index >= 15 is 0 Å². The van der Waals surface area contributed by atoms with Gasteiger partial charge in [0.05, 0.1) is 27.4 Å². The van der Waals surface area contributed by atoms with Gasteiger partial charge in [-0.15, -0.1) is 0 Å². The maximum atomic E-state index is 12.3. The Balaban J connectivity index is 2.44. The van der Waals surface area contributed by atoms with Crippen molar-refractivity contribution in [3.63, 3.8) is 0 Å². The monoisotopic (exact) mass is 326 g/mol. The molecule has 0 heterocycles. The van der Waals surface area contributed by atoms with E-state index in [1.165, 1.54) is 24.3 Å². The van der Waals surface area contributed by atoms with Gasteiger partial charge in [-0.05, 0) is 30.3 Å². The van der Waals surface area contributed by atoms with E-state index < -0.39 is 10.0 Å². The second kappa shape index (κ2) is 5.71. The summed E-state index contributed by atoms with van der Waals surface area (Å²) in [6, 6.07) is 12.5. The Labute approximate surface area is 126 Å². The number of sulfonamides is 1. The largest absolute Gasteiger partial charge is 0.279 e. The third-order valence-electron chi connectivity index (χ3n) is 2.43.